The van der Waals surface area contributed by atoms with E-state index in [2.05, 4.69) is 10.2 Å². The van der Waals surface area contributed by atoms with Gasteiger partial charge in [0.25, 0.3) is 0 Å². The number of ether oxygens (including phenoxy) is 1. The van der Waals surface area contributed by atoms with Crippen LogP contribution >= 0.6 is 11.6 Å². The van der Waals surface area contributed by atoms with Gasteiger partial charge in [-0.3, -0.25) is 4.90 Å². The van der Waals surface area contributed by atoms with Crippen LogP contribution < -0.4 is 5.32 Å². The Morgan fingerprint density at radius 1 is 1.53 bits per heavy atom. The van der Waals surface area contributed by atoms with Crippen LogP contribution in [0.5, 0.6) is 0 Å². The van der Waals surface area contributed by atoms with Crippen LogP contribution in [-0.4, -0.2) is 44.3 Å². The van der Waals surface area contributed by atoms with Crippen molar-refractivity contribution in [2.45, 2.75) is 19.1 Å². The lowest BCUT2D eigenvalue weighted by molar-refractivity contribution is -0.0621. The molecule has 0 saturated carbocycles. The minimum Gasteiger partial charge on any atom is -0.374 e. The second-order valence-electron chi connectivity index (χ2n) is 4.81. The third-order valence-corrected chi connectivity index (χ3v) is 3.71. The van der Waals surface area contributed by atoms with Crippen molar-refractivity contribution in [2.75, 3.05) is 33.3 Å². The fourth-order valence-corrected chi connectivity index (χ4v) is 2.66. The van der Waals surface area contributed by atoms with E-state index >= 15 is 0 Å². The lowest BCUT2D eigenvalue weighted by atomic mass is 9.97. The minimum absolute atomic E-state index is 0.0469. The van der Waals surface area contributed by atoms with Gasteiger partial charge in [0, 0.05) is 23.7 Å². The fourth-order valence-electron chi connectivity index (χ4n) is 2.50. The van der Waals surface area contributed by atoms with Gasteiger partial charge in [0.2, 0.25) is 0 Å². The van der Waals surface area contributed by atoms with Crippen LogP contribution in [0.1, 0.15) is 18.5 Å². The molecular formula is C14H20ClFN2O. The maximum absolute atomic E-state index is 14.1. The quantitative estimate of drug-likeness (QED) is 0.920. The molecular weight excluding hydrogens is 267 g/mol. The first-order valence-electron chi connectivity index (χ1n) is 6.61. The first-order valence-corrected chi connectivity index (χ1v) is 6.98. The standard InChI is InChI=1S/C14H20ClFN2O/c1-3-17-9-13-14(18(2)6-7-19-13)11-5-4-10(15)8-12(11)16/h4-5,8,13-14,17H,3,6-7,9H2,1-2H3. The predicted octanol–water partition coefficient (Wildman–Crippen LogP) is 2.46. The third-order valence-electron chi connectivity index (χ3n) is 3.48. The summed E-state index contributed by atoms with van der Waals surface area (Å²) in [6.45, 7) is 5.12. The van der Waals surface area contributed by atoms with Crippen LogP contribution in [0, 0.1) is 5.82 Å². The van der Waals surface area contributed by atoms with E-state index in [1.54, 1.807) is 12.1 Å². The van der Waals surface area contributed by atoms with Crippen LogP contribution in [0.2, 0.25) is 5.02 Å². The molecule has 1 aromatic carbocycles. The molecule has 19 heavy (non-hydrogen) atoms. The number of likely N-dealkylation sites (N-methyl/N-ethyl adjacent to an activating group) is 2. The number of rotatable bonds is 4. The smallest absolute Gasteiger partial charge is 0.129 e. The van der Waals surface area contributed by atoms with Crippen molar-refractivity contribution in [1.29, 1.82) is 0 Å². The molecule has 1 aliphatic rings. The van der Waals surface area contributed by atoms with E-state index in [0.717, 1.165) is 13.1 Å². The topological polar surface area (TPSA) is 24.5 Å². The van der Waals surface area contributed by atoms with Crippen LogP contribution in [0.4, 0.5) is 4.39 Å². The number of hydrogen-bond donors (Lipinski definition) is 1. The highest BCUT2D eigenvalue weighted by molar-refractivity contribution is 6.30. The summed E-state index contributed by atoms with van der Waals surface area (Å²) in [5.74, 6) is -0.267. The summed E-state index contributed by atoms with van der Waals surface area (Å²) < 4.78 is 19.9. The SMILES string of the molecule is CCNCC1OCCN(C)C1c1ccc(Cl)cc1F. The molecule has 2 rings (SSSR count). The second kappa shape index (κ2) is 6.66. The number of hydrogen-bond acceptors (Lipinski definition) is 3. The van der Waals surface area contributed by atoms with E-state index < -0.39 is 0 Å². The summed E-state index contributed by atoms with van der Waals surface area (Å²) in [5.41, 5.74) is 0.648. The van der Waals surface area contributed by atoms with Crippen LogP contribution in [0.25, 0.3) is 0 Å². The van der Waals surface area contributed by atoms with E-state index in [9.17, 15) is 4.39 Å². The van der Waals surface area contributed by atoms with Crippen LogP contribution in [-0.2, 0) is 4.74 Å². The first-order chi connectivity index (χ1) is 9.13. The zero-order chi connectivity index (χ0) is 13.8. The minimum atomic E-state index is -0.267. The average Bonchev–Trinajstić information content (AvgIpc) is 2.37. The van der Waals surface area contributed by atoms with Crippen molar-refractivity contribution in [3.63, 3.8) is 0 Å². The van der Waals surface area contributed by atoms with E-state index in [1.165, 1.54) is 6.07 Å². The van der Waals surface area contributed by atoms with Crippen LogP contribution in [0.15, 0.2) is 18.2 Å². The largest absolute Gasteiger partial charge is 0.374 e. The number of morpholine rings is 1. The molecule has 0 radical (unpaired) electrons. The number of benzene rings is 1. The lowest BCUT2D eigenvalue weighted by Crippen LogP contribution is -2.47. The molecule has 0 spiro atoms. The summed E-state index contributed by atoms with van der Waals surface area (Å²) in [6.07, 6.45) is -0.0469. The molecule has 106 valence electrons. The predicted molar refractivity (Wildman–Crippen MR) is 75.1 cm³/mol. The van der Waals surface area contributed by atoms with Gasteiger partial charge in [0.15, 0.2) is 0 Å². The van der Waals surface area contributed by atoms with E-state index in [-0.39, 0.29) is 18.0 Å². The highest BCUT2D eigenvalue weighted by Crippen LogP contribution is 2.31. The highest BCUT2D eigenvalue weighted by Gasteiger charge is 2.32. The van der Waals surface area contributed by atoms with Gasteiger partial charge in [-0.25, -0.2) is 4.39 Å². The summed E-state index contributed by atoms with van der Waals surface area (Å²) in [5, 5.41) is 3.69. The molecule has 5 heteroatoms. The van der Waals surface area contributed by atoms with Gasteiger partial charge in [0.1, 0.15) is 5.82 Å². The molecule has 1 heterocycles. The molecule has 3 nitrogen and oxygen atoms in total. The lowest BCUT2D eigenvalue weighted by Gasteiger charge is -2.39. The Balaban J connectivity index is 2.25. The number of nitrogens with one attached hydrogen (secondary N) is 1. The molecule has 1 fully saturated rings. The van der Waals surface area contributed by atoms with Gasteiger partial charge < -0.3 is 10.1 Å². The summed E-state index contributed by atoms with van der Waals surface area (Å²) >= 11 is 5.82. The Morgan fingerprint density at radius 3 is 3.00 bits per heavy atom. The molecule has 2 atom stereocenters. The Hall–Kier alpha value is -0.680. The Bertz CT molecular complexity index is 430. The van der Waals surface area contributed by atoms with Gasteiger partial charge in [-0.15, -0.1) is 0 Å². The van der Waals surface area contributed by atoms with Gasteiger partial charge >= 0.3 is 0 Å². The van der Waals surface area contributed by atoms with Crippen molar-refractivity contribution in [3.05, 3.63) is 34.6 Å². The second-order valence-corrected chi connectivity index (χ2v) is 5.24. The summed E-state index contributed by atoms with van der Waals surface area (Å²) in [4.78, 5) is 2.14. The highest BCUT2D eigenvalue weighted by atomic mass is 35.5. The Labute approximate surface area is 118 Å². The van der Waals surface area contributed by atoms with E-state index in [1.807, 2.05) is 14.0 Å². The normalized spacial score (nSPS) is 24.6. The monoisotopic (exact) mass is 286 g/mol. The Morgan fingerprint density at radius 2 is 2.32 bits per heavy atom. The first kappa shape index (κ1) is 14.7. The Kier molecular flexibility index (Phi) is 5.16. The van der Waals surface area contributed by atoms with Crippen LogP contribution in [0.3, 0.4) is 0 Å². The molecule has 1 saturated heterocycles. The van der Waals surface area contributed by atoms with Gasteiger partial charge in [-0.05, 0) is 25.7 Å². The molecule has 0 bridgehead atoms. The van der Waals surface area contributed by atoms with Gasteiger partial charge in [-0.2, -0.15) is 0 Å². The van der Waals surface area contributed by atoms with Crippen molar-refractivity contribution in [1.82, 2.24) is 10.2 Å². The maximum atomic E-state index is 14.1. The third kappa shape index (κ3) is 3.45. The zero-order valence-corrected chi connectivity index (χ0v) is 12.1. The molecule has 1 aromatic rings. The molecule has 0 aliphatic carbocycles. The molecule has 1 N–H and O–H groups in total. The molecule has 0 amide bonds. The number of halogens is 2. The molecule has 2 unspecified atom stereocenters. The van der Waals surface area contributed by atoms with E-state index in [0.29, 0.717) is 23.7 Å². The summed E-state index contributed by atoms with van der Waals surface area (Å²) in [6, 6.07) is 4.77. The number of nitrogens with zero attached hydrogens (tertiary/aromatic N) is 1. The van der Waals surface area contributed by atoms with Crippen molar-refractivity contribution >= 4 is 11.6 Å². The average molecular weight is 287 g/mol. The van der Waals surface area contributed by atoms with Crippen molar-refractivity contribution in [3.8, 4) is 0 Å². The summed E-state index contributed by atoms with van der Waals surface area (Å²) in [7, 11) is 2.00. The maximum Gasteiger partial charge on any atom is 0.129 e. The zero-order valence-electron chi connectivity index (χ0n) is 11.3. The van der Waals surface area contributed by atoms with Crippen molar-refractivity contribution in [2.24, 2.45) is 0 Å². The van der Waals surface area contributed by atoms with Gasteiger partial charge in [-0.1, -0.05) is 24.6 Å². The molecule has 1 aliphatic heterocycles. The van der Waals surface area contributed by atoms with E-state index in [4.69, 9.17) is 16.3 Å². The van der Waals surface area contributed by atoms with Gasteiger partial charge in [0.05, 0.1) is 18.8 Å². The fraction of sp³-hybridized carbons (Fsp3) is 0.571. The van der Waals surface area contributed by atoms with Crippen molar-refractivity contribution < 1.29 is 9.13 Å². The molecule has 0 aromatic heterocycles.